The second-order valence-corrected chi connectivity index (χ2v) is 5.81. The maximum absolute atomic E-state index is 5.97. The first-order chi connectivity index (χ1) is 10.6. The van der Waals surface area contributed by atoms with Crippen LogP contribution in [0.2, 0.25) is 5.02 Å². The summed E-state index contributed by atoms with van der Waals surface area (Å²) >= 11 is 11.3. The Kier molecular flexibility index (Phi) is 6.04. The number of hydrogen-bond acceptors (Lipinski definition) is 2. The summed E-state index contributed by atoms with van der Waals surface area (Å²) in [5.74, 6) is 0.768. The molecule has 0 aliphatic rings. The van der Waals surface area contributed by atoms with Crippen molar-refractivity contribution < 1.29 is 4.74 Å². The molecule has 0 aliphatic carbocycles. The molecule has 3 nitrogen and oxygen atoms in total. The van der Waals surface area contributed by atoms with E-state index in [9.17, 15) is 0 Å². The van der Waals surface area contributed by atoms with Crippen molar-refractivity contribution in [2.24, 2.45) is 0 Å². The van der Waals surface area contributed by atoms with Gasteiger partial charge in [-0.15, -0.1) is 0 Å². The highest BCUT2D eigenvalue weighted by atomic mass is 35.5. The molecule has 0 saturated carbocycles. The van der Waals surface area contributed by atoms with Crippen molar-refractivity contribution in [1.29, 1.82) is 0 Å². The first-order valence-corrected chi connectivity index (χ1v) is 7.81. The van der Waals surface area contributed by atoms with Crippen molar-refractivity contribution in [1.82, 2.24) is 5.32 Å². The maximum atomic E-state index is 5.97. The predicted molar refractivity (Wildman–Crippen MR) is 97.1 cm³/mol. The third-order valence-corrected chi connectivity index (χ3v) is 3.67. The first-order valence-electron chi connectivity index (χ1n) is 7.02. The van der Waals surface area contributed by atoms with Gasteiger partial charge in [0.05, 0.1) is 12.8 Å². The Labute approximate surface area is 141 Å². The lowest BCUT2D eigenvalue weighted by Crippen LogP contribution is -2.30. The van der Waals surface area contributed by atoms with Gasteiger partial charge in [-0.3, -0.25) is 0 Å². The second kappa shape index (κ2) is 8.01. The highest BCUT2D eigenvalue weighted by Gasteiger charge is 2.05. The topological polar surface area (TPSA) is 33.3 Å². The van der Waals surface area contributed by atoms with Crippen molar-refractivity contribution in [3.63, 3.8) is 0 Å². The van der Waals surface area contributed by atoms with Gasteiger partial charge in [0.15, 0.2) is 5.11 Å². The SMILES string of the molecule is COc1ccc(C)cc1NC(=S)NCCc1cccc(Cl)c1. The van der Waals surface area contributed by atoms with Crippen LogP contribution >= 0.6 is 23.8 Å². The summed E-state index contributed by atoms with van der Waals surface area (Å²) in [6.45, 7) is 2.76. The zero-order chi connectivity index (χ0) is 15.9. The van der Waals surface area contributed by atoms with Gasteiger partial charge in [0.25, 0.3) is 0 Å². The average Bonchev–Trinajstić information content (AvgIpc) is 2.47. The Morgan fingerprint density at radius 1 is 1.23 bits per heavy atom. The minimum absolute atomic E-state index is 0.575. The minimum atomic E-state index is 0.575. The molecule has 2 aromatic rings. The molecule has 0 fully saturated rings. The molecule has 0 amide bonds. The van der Waals surface area contributed by atoms with Crippen LogP contribution in [-0.2, 0) is 6.42 Å². The molecule has 0 aliphatic heterocycles. The molecule has 0 saturated heterocycles. The number of hydrogen-bond donors (Lipinski definition) is 2. The van der Waals surface area contributed by atoms with Crippen molar-refractivity contribution in [3.8, 4) is 5.75 Å². The van der Waals surface area contributed by atoms with E-state index in [0.29, 0.717) is 5.11 Å². The van der Waals surface area contributed by atoms with Crippen LogP contribution in [0, 0.1) is 6.92 Å². The fourth-order valence-corrected chi connectivity index (χ4v) is 2.52. The van der Waals surface area contributed by atoms with Gasteiger partial charge in [-0.25, -0.2) is 0 Å². The standard InChI is InChI=1S/C17H19ClN2OS/c1-12-6-7-16(21-2)15(10-12)20-17(22)19-9-8-13-4-3-5-14(18)11-13/h3-7,10-11H,8-9H2,1-2H3,(H2,19,20,22). The molecular weight excluding hydrogens is 316 g/mol. The molecule has 0 atom stereocenters. The lowest BCUT2D eigenvalue weighted by molar-refractivity contribution is 0.417. The Bertz CT molecular complexity index is 661. The first kappa shape index (κ1) is 16.6. The summed E-state index contributed by atoms with van der Waals surface area (Å²) in [5.41, 5.74) is 3.18. The molecule has 0 spiro atoms. The fourth-order valence-electron chi connectivity index (χ4n) is 2.10. The lowest BCUT2D eigenvalue weighted by atomic mass is 10.1. The van der Waals surface area contributed by atoms with Crippen LogP contribution < -0.4 is 15.4 Å². The normalized spacial score (nSPS) is 10.1. The zero-order valence-corrected chi connectivity index (χ0v) is 14.2. The number of rotatable bonds is 5. The molecule has 2 N–H and O–H groups in total. The number of aryl methyl sites for hydroxylation is 1. The monoisotopic (exact) mass is 334 g/mol. The van der Waals surface area contributed by atoms with E-state index in [1.807, 2.05) is 49.4 Å². The molecule has 0 heterocycles. The van der Waals surface area contributed by atoms with E-state index in [0.717, 1.165) is 35.0 Å². The van der Waals surface area contributed by atoms with Crippen LogP contribution in [0.1, 0.15) is 11.1 Å². The van der Waals surface area contributed by atoms with Gasteiger partial charge in [-0.1, -0.05) is 29.8 Å². The highest BCUT2D eigenvalue weighted by molar-refractivity contribution is 7.80. The van der Waals surface area contributed by atoms with Crippen molar-refractivity contribution in [2.75, 3.05) is 19.0 Å². The Morgan fingerprint density at radius 2 is 2.05 bits per heavy atom. The van der Waals surface area contributed by atoms with Crippen LogP contribution in [0.5, 0.6) is 5.75 Å². The highest BCUT2D eigenvalue weighted by Crippen LogP contribution is 2.24. The van der Waals surface area contributed by atoms with Crippen LogP contribution in [-0.4, -0.2) is 18.8 Å². The van der Waals surface area contributed by atoms with Gasteiger partial charge in [-0.05, 0) is 61.0 Å². The van der Waals surface area contributed by atoms with Crippen LogP contribution in [0.25, 0.3) is 0 Å². The molecule has 2 aromatic carbocycles. The number of anilines is 1. The van der Waals surface area contributed by atoms with Gasteiger partial charge in [0.2, 0.25) is 0 Å². The third-order valence-electron chi connectivity index (χ3n) is 3.19. The summed E-state index contributed by atoms with van der Waals surface area (Å²) < 4.78 is 5.32. The lowest BCUT2D eigenvalue weighted by Gasteiger charge is -2.14. The van der Waals surface area contributed by atoms with E-state index in [2.05, 4.69) is 10.6 Å². The number of benzene rings is 2. The van der Waals surface area contributed by atoms with Crippen LogP contribution in [0.4, 0.5) is 5.69 Å². The van der Waals surface area contributed by atoms with Crippen LogP contribution in [0.3, 0.4) is 0 Å². The van der Waals surface area contributed by atoms with E-state index in [-0.39, 0.29) is 0 Å². The second-order valence-electron chi connectivity index (χ2n) is 4.96. The van der Waals surface area contributed by atoms with E-state index in [1.165, 1.54) is 5.56 Å². The molecule has 0 radical (unpaired) electrons. The summed E-state index contributed by atoms with van der Waals surface area (Å²) in [7, 11) is 1.64. The van der Waals surface area contributed by atoms with Gasteiger partial charge >= 0.3 is 0 Å². The number of ether oxygens (including phenoxy) is 1. The molecular formula is C17H19ClN2OS. The molecule has 0 unspecified atom stereocenters. The Morgan fingerprint density at radius 3 is 2.77 bits per heavy atom. The summed E-state index contributed by atoms with van der Waals surface area (Å²) in [5, 5.41) is 7.69. The Hall–Kier alpha value is -1.78. The summed E-state index contributed by atoms with van der Waals surface area (Å²) in [6.07, 6.45) is 0.854. The van der Waals surface area contributed by atoms with Crippen molar-refractivity contribution >= 4 is 34.6 Å². The van der Waals surface area contributed by atoms with Gasteiger partial charge in [-0.2, -0.15) is 0 Å². The molecule has 22 heavy (non-hydrogen) atoms. The average molecular weight is 335 g/mol. The maximum Gasteiger partial charge on any atom is 0.170 e. The van der Waals surface area contributed by atoms with E-state index >= 15 is 0 Å². The van der Waals surface area contributed by atoms with Crippen molar-refractivity contribution in [2.45, 2.75) is 13.3 Å². The van der Waals surface area contributed by atoms with Crippen LogP contribution in [0.15, 0.2) is 42.5 Å². The largest absolute Gasteiger partial charge is 0.495 e. The van der Waals surface area contributed by atoms with Gasteiger partial charge in [0.1, 0.15) is 5.75 Å². The number of nitrogens with one attached hydrogen (secondary N) is 2. The predicted octanol–water partition coefficient (Wildman–Crippen LogP) is 4.19. The van der Waals surface area contributed by atoms with Crippen molar-refractivity contribution in [3.05, 3.63) is 58.6 Å². The minimum Gasteiger partial charge on any atom is -0.495 e. The molecule has 2 rings (SSSR count). The summed E-state index contributed by atoms with van der Waals surface area (Å²) in [6, 6.07) is 13.8. The Balaban J connectivity index is 1.87. The summed E-state index contributed by atoms with van der Waals surface area (Å²) in [4.78, 5) is 0. The molecule has 116 valence electrons. The third kappa shape index (κ3) is 4.90. The van der Waals surface area contributed by atoms with E-state index < -0.39 is 0 Å². The van der Waals surface area contributed by atoms with E-state index in [1.54, 1.807) is 7.11 Å². The molecule has 5 heteroatoms. The smallest absolute Gasteiger partial charge is 0.170 e. The van der Waals surface area contributed by atoms with Gasteiger partial charge < -0.3 is 15.4 Å². The fraction of sp³-hybridized carbons (Fsp3) is 0.235. The quantitative estimate of drug-likeness (QED) is 0.803. The van der Waals surface area contributed by atoms with Gasteiger partial charge in [0, 0.05) is 11.6 Å². The molecule has 0 aromatic heterocycles. The zero-order valence-electron chi connectivity index (χ0n) is 12.7. The number of methoxy groups -OCH3 is 1. The molecule has 0 bridgehead atoms. The number of thiocarbonyl (C=S) groups is 1. The number of halogens is 1. The van der Waals surface area contributed by atoms with E-state index in [4.69, 9.17) is 28.6 Å².